The van der Waals surface area contributed by atoms with E-state index in [0.29, 0.717) is 23.1 Å². The largest absolute Gasteiger partial charge is 0.267 e. The summed E-state index contributed by atoms with van der Waals surface area (Å²) < 4.78 is 13.2. The molecule has 8 heavy (non-hydrogen) atoms. The zero-order valence-corrected chi connectivity index (χ0v) is 6.12. The molecule has 0 aliphatic rings. The summed E-state index contributed by atoms with van der Waals surface area (Å²) in [5.41, 5.74) is 0. The Labute approximate surface area is 55.2 Å². The standard InChI is InChI=1S/H2N4OPS2/c1-3-4-8-6(5)7-2/h2H2. The van der Waals surface area contributed by atoms with Gasteiger partial charge in [-0.1, -0.05) is 4.52 Å². The normalized spacial score (nSPS) is 12.4. The Bertz CT molecular complexity index is 102. The monoisotopic (exact) mass is 169 g/mol. The van der Waals surface area contributed by atoms with Crippen LogP contribution in [-0.4, -0.2) is 0 Å². The molecule has 0 fully saturated rings. The van der Waals surface area contributed by atoms with Gasteiger partial charge in [-0.2, -0.15) is 0 Å². The molecule has 45 valence electrons. The zero-order chi connectivity index (χ0) is 6.41. The molecule has 8 heteroatoms. The highest BCUT2D eigenvalue weighted by Gasteiger charge is 1.95. The number of rotatable bonds is 3. The van der Waals surface area contributed by atoms with Crippen LogP contribution in [0.2, 0.25) is 0 Å². The molecule has 0 spiro atoms. The molecule has 0 saturated heterocycles. The van der Waals surface area contributed by atoms with Gasteiger partial charge in [0.25, 0.3) is 0 Å². The lowest BCUT2D eigenvalue weighted by molar-refractivity contribution is 0.603. The van der Waals surface area contributed by atoms with Crippen molar-refractivity contribution in [1.29, 1.82) is 0 Å². The van der Waals surface area contributed by atoms with E-state index in [1.165, 1.54) is 0 Å². The Morgan fingerprint density at radius 2 is 2.38 bits per heavy atom. The third-order valence-corrected chi connectivity index (χ3v) is 3.19. The van der Waals surface area contributed by atoms with Gasteiger partial charge in [0, 0.05) is 11.6 Å². The molecular formula is H2N4OPS2. The maximum Gasteiger partial charge on any atom is 0.234 e. The Morgan fingerprint density at radius 1 is 1.75 bits per heavy atom. The molecule has 0 amide bonds. The quantitative estimate of drug-likeness (QED) is 0.298. The van der Waals surface area contributed by atoms with Gasteiger partial charge < -0.3 is 0 Å². The van der Waals surface area contributed by atoms with Crippen molar-refractivity contribution < 1.29 is 4.57 Å². The minimum absolute atomic E-state index is 0.632. The van der Waals surface area contributed by atoms with Crippen LogP contribution in [0.15, 0.2) is 9.74 Å². The van der Waals surface area contributed by atoms with E-state index in [0.717, 1.165) is 0 Å². The summed E-state index contributed by atoms with van der Waals surface area (Å²) in [6.07, 6.45) is -1.64. The third kappa shape index (κ3) is 4.32. The van der Waals surface area contributed by atoms with Crippen LogP contribution in [0.1, 0.15) is 0 Å². The topological polar surface area (TPSA) is 90.1 Å². The van der Waals surface area contributed by atoms with Gasteiger partial charge in [-0.05, 0) is 11.1 Å². The molecular weight excluding hydrogens is 167 g/mol. The van der Waals surface area contributed by atoms with E-state index in [4.69, 9.17) is 11.0 Å². The van der Waals surface area contributed by atoms with Gasteiger partial charge in [-0.3, -0.25) is 9.70 Å². The fourth-order valence-electron chi connectivity index (χ4n) is 0.0654. The van der Waals surface area contributed by atoms with Crippen molar-refractivity contribution in [3.8, 4) is 0 Å². The number of nitrogens with zero attached hydrogens (tertiary/aromatic N) is 3. The second-order valence-corrected chi connectivity index (χ2v) is 5.37. The highest BCUT2D eigenvalue weighted by molar-refractivity contribution is 8.83. The molecule has 0 aliphatic heterocycles. The maximum atomic E-state index is 10.3. The van der Waals surface area contributed by atoms with Crippen molar-refractivity contribution in [2.75, 3.05) is 0 Å². The molecule has 1 atom stereocenters. The van der Waals surface area contributed by atoms with Crippen LogP contribution in [0.5, 0.6) is 0 Å². The Balaban J connectivity index is 3.25. The first-order chi connectivity index (χ1) is 3.81. The van der Waals surface area contributed by atoms with E-state index in [1.807, 2.05) is 0 Å². The van der Waals surface area contributed by atoms with Crippen molar-refractivity contribution >= 4 is 29.3 Å². The van der Waals surface area contributed by atoms with Gasteiger partial charge in [0.05, 0.1) is 0 Å². The second kappa shape index (κ2) is 5.30. The van der Waals surface area contributed by atoms with Crippen LogP contribution >= 0.6 is 29.3 Å². The minimum Gasteiger partial charge on any atom is -0.267 e. The third-order valence-electron chi connectivity index (χ3n) is 0.226. The van der Waals surface area contributed by atoms with Gasteiger partial charge in [-0.25, -0.2) is 0 Å². The first kappa shape index (κ1) is 8.16. The summed E-state index contributed by atoms with van der Waals surface area (Å²) >= 11 is 1.30. The van der Waals surface area contributed by atoms with E-state index in [1.54, 1.807) is 0 Å². The first-order valence-corrected chi connectivity index (χ1v) is 5.49. The number of nitrogens with two attached hydrogens (primary N) is 1. The van der Waals surface area contributed by atoms with E-state index < -0.39 is 6.20 Å². The summed E-state index contributed by atoms with van der Waals surface area (Å²) in [5, 5.41) is 7.20. The summed E-state index contributed by atoms with van der Waals surface area (Å²) in [6, 6.07) is 0. The summed E-state index contributed by atoms with van der Waals surface area (Å²) in [6.45, 7) is 0. The van der Waals surface area contributed by atoms with Crippen molar-refractivity contribution in [2.45, 2.75) is 0 Å². The first-order valence-electron chi connectivity index (χ1n) is 1.37. The average molecular weight is 169 g/mol. The Morgan fingerprint density at radius 3 is 2.75 bits per heavy atom. The average Bonchev–Trinajstić information content (AvgIpc) is 1.83. The van der Waals surface area contributed by atoms with E-state index in [-0.39, 0.29) is 0 Å². The smallest absolute Gasteiger partial charge is 0.234 e. The molecule has 0 aromatic carbocycles. The summed E-state index contributed by atoms with van der Waals surface area (Å²) in [4.78, 5) is 0. The van der Waals surface area contributed by atoms with Crippen LogP contribution < -0.4 is 11.0 Å². The SMILES string of the molecule is [N]N=NS[P](=O)SN. The Kier molecular flexibility index (Phi) is 5.41. The van der Waals surface area contributed by atoms with Crippen molar-refractivity contribution in [3.05, 3.63) is 0 Å². The number of hydrogen-bond acceptors (Lipinski definition) is 6. The predicted octanol–water partition coefficient (Wildman–Crippen LogP) is 1.33. The van der Waals surface area contributed by atoms with Gasteiger partial charge in [-0.15, -0.1) is 0 Å². The number of hydrogen-bond donors (Lipinski definition) is 1. The van der Waals surface area contributed by atoms with Crippen LogP contribution in [0.25, 0.3) is 0 Å². The van der Waals surface area contributed by atoms with Gasteiger partial charge in [0.2, 0.25) is 6.20 Å². The van der Waals surface area contributed by atoms with Crippen molar-refractivity contribution in [2.24, 2.45) is 14.9 Å². The van der Waals surface area contributed by atoms with Gasteiger partial charge in [0.15, 0.2) is 0 Å². The molecule has 0 aliphatic carbocycles. The summed E-state index contributed by atoms with van der Waals surface area (Å²) in [7, 11) is 0. The highest BCUT2D eigenvalue weighted by atomic mass is 33.1. The van der Waals surface area contributed by atoms with Crippen LogP contribution in [0.4, 0.5) is 0 Å². The van der Waals surface area contributed by atoms with E-state index in [2.05, 4.69) is 9.74 Å². The fraction of sp³-hybridized carbons (Fsp3) is 0. The van der Waals surface area contributed by atoms with Gasteiger partial charge in [0.1, 0.15) is 11.6 Å². The minimum atomic E-state index is -1.64. The molecule has 0 saturated carbocycles. The molecule has 5 nitrogen and oxygen atoms in total. The second-order valence-electron chi connectivity index (χ2n) is 0.582. The molecule has 0 aromatic heterocycles. The zero-order valence-electron chi connectivity index (χ0n) is 3.59. The molecule has 3 radical (unpaired) electrons. The lowest BCUT2D eigenvalue weighted by Gasteiger charge is -1.81. The van der Waals surface area contributed by atoms with Crippen LogP contribution in [0.3, 0.4) is 0 Å². The van der Waals surface area contributed by atoms with E-state index >= 15 is 0 Å². The molecule has 0 bridgehead atoms. The predicted molar refractivity (Wildman–Crippen MR) is 34.0 cm³/mol. The van der Waals surface area contributed by atoms with Crippen LogP contribution in [-0.2, 0) is 4.57 Å². The molecule has 2 N–H and O–H groups in total. The van der Waals surface area contributed by atoms with Gasteiger partial charge >= 0.3 is 0 Å². The highest BCUT2D eigenvalue weighted by Crippen LogP contribution is 2.47. The lowest BCUT2D eigenvalue weighted by Crippen LogP contribution is -1.64. The lowest BCUT2D eigenvalue weighted by atomic mass is 12.8. The molecule has 0 rings (SSSR count). The fourth-order valence-corrected chi connectivity index (χ4v) is 1.20. The molecule has 0 heterocycles. The summed E-state index contributed by atoms with van der Waals surface area (Å²) in [5.74, 6) is 7.67. The molecule has 0 aromatic rings. The Hall–Kier alpha value is 0.160. The van der Waals surface area contributed by atoms with Crippen molar-refractivity contribution in [3.63, 3.8) is 0 Å². The van der Waals surface area contributed by atoms with E-state index in [9.17, 15) is 4.57 Å². The maximum absolute atomic E-state index is 10.3. The van der Waals surface area contributed by atoms with Crippen molar-refractivity contribution in [1.82, 2.24) is 5.84 Å². The van der Waals surface area contributed by atoms with Crippen LogP contribution in [0, 0.1) is 0 Å². The molecule has 1 unspecified atom stereocenters.